The molecule has 0 radical (unpaired) electrons. The molecular weight excluding hydrogens is 330 g/mol. The molecule has 3 rings (SSSR count). The van der Waals surface area contributed by atoms with Crippen molar-refractivity contribution in [1.82, 2.24) is 9.78 Å². The van der Waals surface area contributed by atoms with Crippen LogP contribution in [0.2, 0.25) is 0 Å². The lowest BCUT2D eigenvalue weighted by molar-refractivity contribution is -0.929. The molecule has 1 aliphatic heterocycles. The molecule has 0 saturated carbocycles. The molecule has 7 nitrogen and oxygen atoms in total. The lowest BCUT2D eigenvalue weighted by atomic mass is 10.1. The van der Waals surface area contributed by atoms with E-state index in [1.807, 2.05) is 24.3 Å². The van der Waals surface area contributed by atoms with E-state index in [9.17, 15) is 5.11 Å². The molecule has 1 aromatic heterocycles. The number of benzene rings is 1. The van der Waals surface area contributed by atoms with Gasteiger partial charge in [-0.05, 0) is 36.5 Å². The van der Waals surface area contributed by atoms with Gasteiger partial charge in [-0.2, -0.15) is 4.68 Å². The van der Waals surface area contributed by atoms with Crippen molar-refractivity contribution in [3.63, 3.8) is 0 Å². The summed E-state index contributed by atoms with van der Waals surface area (Å²) in [6.45, 7) is 2.69. The summed E-state index contributed by atoms with van der Waals surface area (Å²) in [5, 5.41) is 13.9. The highest BCUT2D eigenvalue weighted by Gasteiger charge is 2.21. The van der Waals surface area contributed by atoms with Crippen molar-refractivity contribution in [2.45, 2.75) is 32.2 Å². The van der Waals surface area contributed by atoms with E-state index in [2.05, 4.69) is 5.10 Å². The molecule has 1 aliphatic rings. The van der Waals surface area contributed by atoms with Crippen LogP contribution in [-0.2, 0) is 13.3 Å². The van der Waals surface area contributed by atoms with Gasteiger partial charge in [0.2, 0.25) is 0 Å². The summed E-state index contributed by atoms with van der Waals surface area (Å²) in [7, 11) is 1.62. The van der Waals surface area contributed by atoms with Crippen molar-refractivity contribution in [3.8, 4) is 11.5 Å². The summed E-state index contributed by atoms with van der Waals surface area (Å²) in [6.07, 6.45) is 1.45. The van der Waals surface area contributed by atoms with Gasteiger partial charge < -0.3 is 23.9 Å². The number of likely N-dealkylation sites (tertiary alicyclic amines) is 1. The molecule has 0 unspecified atom stereocenters. The fourth-order valence-electron chi connectivity index (χ4n) is 2.71. The van der Waals surface area contributed by atoms with E-state index in [-0.39, 0.29) is 12.7 Å². The molecule has 130 valence electrons. The number of rotatable bonds is 6. The standard InChI is InChI=1S/C16H21N3O4S/c1-21-13-2-4-14(5-3-13)22-10-15-17-19(16(24)23-15)11-18-8-6-12(20)7-9-18/h2-5,12,20H,6-11H2,1H3/p+1. The van der Waals surface area contributed by atoms with Gasteiger partial charge in [0.1, 0.15) is 11.5 Å². The Kier molecular flexibility index (Phi) is 5.49. The average molecular weight is 352 g/mol. The quantitative estimate of drug-likeness (QED) is 0.749. The summed E-state index contributed by atoms with van der Waals surface area (Å²) in [4.78, 5) is 1.69. The zero-order valence-electron chi connectivity index (χ0n) is 13.6. The van der Waals surface area contributed by atoms with Crippen LogP contribution in [0, 0.1) is 4.84 Å². The summed E-state index contributed by atoms with van der Waals surface area (Å²) in [5.74, 6) is 1.94. The Morgan fingerprint density at radius 2 is 1.96 bits per heavy atom. The van der Waals surface area contributed by atoms with E-state index in [0.29, 0.717) is 23.1 Å². The fourth-order valence-corrected chi connectivity index (χ4v) is 2.91. The van der Waals surface area contributed by atoms with E-state index < -0.39 is 0 Å². The first kappa shape index (κ1) is 16.9. The largest absolute Gasteiger partial charge is 0.497 e. The van der Waals surface area contributed by atoms with Crippen LogP contribution < -0.4 is 14.4 Å². The van der Waals surface area contributed by atoms with Crippen molar-refractivity contribution in [2.75, 3.05) is 20.2 Å². The minimum absolute atomic E-state index is 0.174. The SMILES string of the molecule is COc1ccc(OCc2nn(C[NH+]3CCC(O)CC3)c(=S)o2)cc1. The van der Waals surface area contributed by atoms with Crippen molar-refractivity contribution >= 4 is 12.2 Å². The minimum Gasteiger partial charge on any atom is -0.497 e. The summed E-state index contributed by atoms with van der Waals surface area (Å²) in [5.41, 5.74) is 0. The Morgan fingerprint density at radius 3 is 2.62 bits per heavy atom. The van der Waals surface area contributed by atoms with Crippen LogP contribution in [0.15, 0.2) is 28.7 Å². The summed E-state index contributed by atoms with van der Waals surface area (Å²) >= 11 is 5.23. The highest BCUT2D eigenvalue weighted by Crippen LogP contribution is 2.18. The van der Waals surface area contributed by atoms with Gasteiger partial charge in [-0.15, -0.1) is 5.10 Å². The van der Waals surface area contributed by atoms with Gasteiger partial charge in [-0.1, -0.05) is 0 Å². The molecule has 1 saturated heterocycles. The number of quaternary nitrogens is 1. The number of aliphatic hydroxyl groups is 1. The molecular formula is C16H22N3O4S+. The van der Waals surface area contributed by atoms with Crippen LogP contribution in [-0.4, -0.2) is 41.2 Å². The Balaban J connectivity index is 1.56. The summed E-state index contributed by atoms with van der Waals surface area (Å²) in [6, 6.07) is 7.32. The molecule has 2 N–H and O–H groups in total. The maximum Gasteiger partial charge on any atom is 0.291 e. The zero-order chi connectivity index (χ0) is 16.9. The van der Waals surface area contributed by atoms with Crippen LogP contribution in [0.3, 0.4) is 0 Å². The molecule has 1 aromatic carbocycles. The first-order valence-corrected chi connectivity index (χ1v) is 8.40. The van der Waals surface area contributed by atoms with E-state index in [4.69, 9.17) is 26.1 Å². The van der Waals surface area contributed by atoms with Crippen molar-refractivity contribution in [1.29, 1.82) is 0 Å². The molecule has 1 fully saturated rings. The van der Waals surface area contributed by atoms with E-state index >= 15 is 0 Å². The summed E-state index contributed by atoms with van der Waals surface area (Å²) < 4.78 is 17.9. The van der Waals surface area contributed by atoms with Crippen LogP contribution in [0.4, 0.5) is 0 Å². The lowest BCUT2D eigenvalue weighted by Crippen LogP contribution is -3.12. The second-order valence-electron chi connectivity index (χ2n) is 5.86. The molecule has 2 heterocycles. The first-order valence-electron chi connectivity index (χ1n) is 7.99. The van der Waals surface area contributed by atoms with E-state index in [1.165, 1.54) is 4.90 Å². The Labute approximate surface area is 145 Å². The van der Waals surface area contributed by atoms with Crippen molar-refractivity contribution < 1.29 is 23.9 Å². The van der Waals surface area contributed by atoms with Crippen LogP contribution >= 0.6 is 12.2 Å². The molecule has 0 aliphatic carbocycles. The second-order valence-corrected chi connectivity index (χ2v) is 6.21. The number of aliphatic hydroxyl groups excluding tert-OH is 1. The van der Waals surface area contributed by atoms with Crippen molar-refractivity contribution in [2.24, 2.45) is 0 Å². The Hall–Kier alpha value is -1.90. The zero-order valence-corrected chi connectivity index (χ0v) is 14.4. The Morgan fingerprint density at radius 1 is 1.29 bits per heavy atom. The second kappa shape index (κ2) is 7.78. The predicted octanol–water partition coefficient (Wildman–Crippen LogP) is 0.790. The molecule has 24 heavy (non-hydrogen) atoms. The number of nitrogens with zero attached hydrogens (tertiary/aromatic N) is 2. The third kappa shape index (κ3) is 4.34. The van der Waals surface area contributed by atoms with Gasteiger partial charge in [0, 0.05) is 12.8 Å². The van der Waals surface area contributed by atoms with Gasteiger partial charge in [-0.25, -0.2) is 0 Å². The van der Waals surface area contributed by atoms with Crippen molar-refractivity contribution in [3.05, 3.63) is 35.0 Å². The van der Waals surface area contributed by atoms with Gasteiger partial charge in [0.25, 0.3) is 10.7 Å². The average Bonchev–Trinajstić information content (AvgIpc) is 2.95. The molecule has 2 aromatic rings. The highest BCUT2D eigenvalue weighted by atomic mass is 32.1. The number of methoxy groups -OCH3 is 1. The first-order chi connectivity index (χ1) is 11.6. The Bertz CT molecular complexity index is 705. The number of nitrogens with one attached hydrogen (secondary N) is 1. The van der Waals surface area contributed by atoms with Gasteiger partial charge in [0.15, 0.2) is 13.3 Å². The number of hydrogen-bond acceptors (Lipinski definition) is 6. The van der Waals surface area contributed by atoms with E-state index in [1.54, 1.807) is 11.8 Å². The van der Waals surface area contributed by atoms with E-state index in [0.717, 1.165) is 31.7 Å². The monoisotopic (exact) mass is 352 g/mol. The maximum absolute atomic E-state index is 9.56. The van der Waals surface area contributed by atoms with Gasteiger partial charge >= 0.3 is 0 Å². The molecule has 0 spiro atoms. The fraction of sp³-hybridized carbons (Fsp3) is 0.500. The van der Waals surface area contributed by atoms with Gasteiger partial charge in [-0.3, -0.25) is 0 Å². The number of piperidine rings is 1. The smallest absolute Gasteiger partial charge is 0.291 e. The van der Waals surface area contributed by atoms with Crippen LogP contribution in [0.25, 0.3) is 0 Å². The third-order valence-corrected chi connectivity index (χ3v) is 4.40. The lowest BCUT2D eigenvalue weighted by Gasteiger charge is -2.25. The molecule has 0 atom stereocenters. The topological polar surface area (TPSA) is 74.1 Å². The van der Waals surface area contributed by atoms with Gasteiger partial charge in [0.05, 0.1) is 26.3 Å². The third-order valence-electron chi connectivity index (χ3n) is 4.11. The normalized spacial score (nSPS) is 20.8. The molecule has 0 amide bonds. The maximum atomic E-state index is 9.56. The predicted molar refractivity (Wildman–Crippen MR) is 88.6 cm³/mol. The minimum atomic E-state index is -0.174. The number of hydrogen-bond donors (Lipinski definition) is 2. The highest BCUT2D eigenvalue weighted by molar-refractivity contribution is 7.71. The van der Waals surface area contributed by atoms with Crippen LogP contribution in [0.1, 0.15) is 18.7 Å². The number of ether oxygens (including phenoxy) is 2. The molecule has 8 heteroatoms. The molecule has 0 bridgehead atoms. The number of aromatic nitrogens is 2. The van der Waals surface area contributed by atoms with Crippen LogP contribution in [0.5, 0.6) is 11.5 Å².